The first-order valence-electron chi connectivity index (χ1n) is 10.5. The number of hydrogen-bond donors (Lipinski definition) is 3. The number of carboxylic acid groups (broad SMARTS) is 1. The quantitative estimate of drug-likeness (QED) is 0.241. The summed E-state index contributed by atoms with van der Waals surface area (Å²) in [4.78, 5) is 22.4. The van der Waals surface area contributed by atoms with Crippen LogP contribution >= 0.6 is 0 Å². The maximum Gasteiger partial charge on any atom is 0.343 e. The van der Waals surface area contributed by atoms with Gasteiger partial charge in [-0.2, -0.15) is 0 Å². The normalized spacial score (nSPS) is 14.8. The summed E-state index contributed by atoms with van der Waals surface area (Å²) in [6.07, 6.45) is 15.0. The molecule has 26 heavy (non-hydrogen) atoms. The largest absolute Gasteiger partial charge is 0.479 e. The van der Waals surface area contributed by atoms with Crippen molar-refractivity contribution in [1.29, 1.82) is 0 Å². The Morgan fingerprint density at radius 3 is 1.69 bits per heavy atom. The second kappa shape index (κ2) is 15.2. The topological polar surface area (TPSA) is 94.8 Å². The summed E-state index contributed by atoms with van der Waals surface area (Å²) in [5.41, 5.74) is -2.25. The monoisotopic (exact) mass is 372 g/mol. The highest BCUT2D eigenvalue weighted by atomic mass is 16.4. The van der Waals surface area contributed by atoms with E-state index in [1.54, 1.807) is 0 Å². The lowest BCUT2D eigenvalue weighted by atomic mass is 9.96. The molecular formula is C21H40O5. The second-order valence-corrected chi connectivity index (χ2v) is 7.67. The van der Waals surface area contributed by atoms with Crippen molar-refractivity contribution in [2.45, 2.75) is 122 Å². The summed E-state index contributed by atoms with van der Waals surface area (Å²) in [6.45, 7) is 3.24. The van der Waals surface area contributed by atoms with Crippen LogP contribution in [0.25, 0.3) is 0 Å². The lowest BCUT2D eigenvalue weighted by Crippen LogP contribution is -2.43. The molecule has 0 radical (unpaired) electrons. The van der Waals surface area contributed by atoms with Crippen LogP contribution in [0.1, 0.15) is 110 Å². The molecule has 0 aliphatic rings. The number of Topliss-reactive ketones (excluding diaryl/α,β-unsaturated/α-hetero) is 1. The van der Waals surface area contributed by atoms with Crippen LogP contribution < -0.4 is 0 Å². The molecule has 0 aromatic carbocycles. The van der Waals surface area contributed by atoms with Crippen molar-refractivity contribution in [3.8, 4) is 0 Å². The van der Waals surface area contributed by atoms with Gasteiger partial charge in [-0.05, 0) is 26.2 Å². The summed E-state index contributed by atoms with van der Waals surface area (Å²) < 4.78 is 0. The maximum absolute atomic E-state index is 11.6. The highest BCUT2D eigenvalue weighted by Crippen LogP contribution is 2.15. The molecule has 0 bridgehead atoms. The molecule has 0 aromatic rings. The average Bonchev–Trinajstić information content (AvgIpc) is 2.59. The summed E-state index contributed by atoms with van der Waals surface area (Å²) in [5, 5.41) is 28.2. The molecule has 0 aromatic heterocycles. The van der Waals surface area contributed by atoms with E-state index in [0.29, 0.717) is 6.42 Å². The Hall–Kier alpha value is -0.940. The minimum atomic E-state index is -2.25. The molecule has 2 unspecified atom stereocenters. The van der Waals surface area contributed by atoms with Crippen molar-refractivity contribution in [3.63, 3.8) is 0 Å². The first kappa shape index (κ1) is 25.1. The third-order valence-electron chi connectivity index (χ3n) is 5.04. The number of ketones is 1. The van der Waals surface area contributed by atoms with E-state index in [0.717, 1.165) is 64.7 Å². The predicted molar refractivity (Wildman–Crippen MR) is 104 cm³/mol. The molecule has 0 amide bonds. The maximum atomic E-state index is 11.6. The fourth-order valence-corrected chi connectivity index (χ4v) is 3.04. The van der Waals surface area contributed by atoms with Crippen LogP contribution in [-0.2, 0) is 9.59 Å². The number of carbonyl (C=O) groups excluding carboxylic acids is 1. The third-order valence-corrected chi connectivity index (χ3v) is 5.04. The molecule has 5 heteroatoms. The second-order valence-electron chi connectivity index (χ2n) is 7.67. The van der Waals surface area contributed by atoms with E-state index in [4.69, 9.17) is 5.11 Å². The molecule has 5 nitrogen and oxygen atoms in total. The Morgan fingerprint density at radius 2 is 1.23 bits per heavy atom. The first-order chi connectivity index (χ1) is 12.3. The minimum Gasteiger partial charge on any atom is -0.479 e. The molecule has 0 spiro atoms. The average molecular weight is 373 g/mol. The molecule has 0 saturated heterocycles. The number of carboxylic acids is 1. The van der Waals surface area contributed by atoms with E-state index < -0.39 is 17.4 Å². The Balaban J connectivity index is 3.41. The summed E-state index contributed by atoms with van der Waals surface area (Å²) in [7, 11) is 0. The lowest BCUT2D eigenvalue weighted by molar-refractivity contribution is -0.163. The van der Waals surface area contributed by atoms with Gasteiger partial charge in [0.2, 0.25) is 5.60 Å². The number of aliphatic hydroxyl groups is 2. The Labute approximate surface area is 159 Å². The van der Waals surface area contributed by atoms with Crippen molar-refractivity contribution in [2.24, 2.45) is 0 Å². The smallest absolute Gasteiger partial charge is 0.343 e. The van der Waals surface area contributed by atoms with E-state index in [2.05, 4.69) is 6.92 Å². The molecule has 0 aliphatic carbocycles. The Bertz CT molecular complexity index is 379. The van der Waals surface area contributed by atoms with Gasteiger partial charge < -0.3 is 15.3 Å². The van der Waals surface area contributed by atoms with Crippen LogP contribution in [0.5, 0.6) is 0 Å². The summed E-state index contributed by atoms with van der Waals surface area (Å²) in [6, 6.07) is 0. The van der Waals surface area contributed by atoms with Gasteiger partial charge in [-0.15, -0.1) is 0 Å². The Morgan fingerprint density at radius 1 is 0.808 bits per heavy atom. The highest BCUT2D eigenvalue weighted by Gasteiger charge is 2.37. The molecule has 0 heterocycles. The van der Waals surface area contributed by atoms with Gasteiger partial charge in [-0.3, -0.25) is 4.79 Å². The fourth-order valence-electron chi connectivity index (χ4n) is 3.04. The zero-order valence-electron chi connectivity index (χ0n) is 16.8. The zero-order valence-corrected chi connectivity index (χ0v) is 16.8. The van der Waals surface area contributed by atoms with E-state index in [1.165, 1.54) is 25.7 Å². The minimum absolute atomic E-state index is 0.120. The zero-order chi connectivity index (χ0) is 19.8. The van der Waals surface area contributed by atoms with Crippen molar-refractivity contribution < 1.29 is 24.9 Å². The molecular weight excluding hydrogens is 332 g/mol. The molecule has 0 aliphatic heterocycles. The molecule has 0 fully saturated rings. The summed E-state index contributed by atoms with van der Waals surface area (Å²) in [5.74, 6) is -2.09. The van der Waals surface area contributed by atoms with Gasteiger partial charge in [0.15, 0.2) is 5.78 Å². The van der Waals surface area contributed by atoms with Gasteiger partial charge in [0.1, 0.15) is 0 Å². The number of aliphatic hydroxyl groups excluding tert-OH is 1. The van der Waals surface area contributed by atoms with E-state index in [9.17, 15) is 19.8 Å². The predicted octanol–water partition coefficient (Wildman–Crippen LogP) is 4.62. The van der Waals surface area contributed by atoms with Gasteiger partial charge in [0, 0.05) is 6.42 Å². The lowest BCUT2D eigenvalue weighted by Gasteiger charge is -2.15. The van der Waals surface area contributed by atoms with Crippen LogP contribution in [0.2, 0.25) is 0 Å². The molecule has 0 rings (SSSR count). The molecule has 154 valence electrons. The van der Waals surface area contributed by atoms with Crippen LogP contribution in [0.15, 0.2) is 0 Å². The Kier molecular flexibility index (Phi) is 14.6. The summed E-state index contributed by atoms with van der Waals surface area (Å²) >= 11 is 0. The SMILES string of the molecule is CCCCCCC(O)CCCCCCCCCCC(=O)C(C)(O)C(=O)O. The van der Waals surface area contributed by atoms with Crippen LogP contribution in [0.3, 0.4) is 0 Å². The number of hydrogen-bond acceptors (Lipinski definition) is 4. The van der Waals surface area contributed by atoms with E-state index in [-0.39, 0.29) is 12.5 Å². The number of rotatable bonds is 18. The fraction of sp³-hybridized carbons (Fsp3) is 0.905. The van der Waals surface area contributed by atoms with Gasteiger partial charge >= 0.3 is 5.97 Å². The van der Waals surface area contributed by atoms with Gasteiger partial charge in [0.25, 0.3) is 0 Å². The number of carbonyl (C=O) groups is 2. The van der Waals surface area contributed by atoms with Gasteiger partial charge in [-0.1, -0.05) is 77.6 Å². The van der Waals surface area contributed by atoms with E-state index in [1.807, 2.05) is 0 Å². The van der Waals surface area contributed by atoms with Crippen molar-refractivity contribution in [3.05, 3.63) is 0 Å². The number of unbranched alkanes of at least 4 members (excludes halogenated alkanes) is 10. The molecule has 3 N–H and O–H groups in total. The van der Waals surface area contributed by atoms with Gasteiger partial charge in [-0.25, -0.2) is 4.79 Å². The van der Waals surface area contributed by atoms with Crippen LogP contribution in [0.4, 0.5) is 0 Å². The molecule has 2 atom stereocenters. The highest BCUT2D eigenvalue weighted by molar-refractivity contribution is 6.05. The van der Waals surface area contributed by atoms with Crippen molar-refractivity contribution in [2.75, 3.05) is 0 Å². The standard InChI is InChI=1S/C21H40O5/c1-3-4-5-12-15-18(22)16-13-10-8-6-7-9-11-14-17-19(23)21(2,26)20(24)25/h18,22,26H,3-17H2,1-2H3,(H,24,25). The first-order valence-corrected chi connectivity index (χ1v) is 10.5. The van der Waals surface area contributed by atoms with Crippen LogP contribution in [0, 0.1) is 0 Å². The van der Waals surface area contributed by atoms with Crippen LogP contribution in [-0.4, -0.2) is 38.8 Å². The number of aliphatic carboxylic acids is 1. The third kappa shape index (κ3) is 12.4. The van der Waals surface area contributed by atoms with Crippen molar-refractivity contribution in [1.82, 2.24) is 0 Å². The van der Waals surface area contributed by atoms with Crippen molar-refractivity contribution >= 4 is 11.8 Å². The van der Waals surface area contributed by atoms with E-state index >= 15 is 0 Å². The molecule has 0 saturated carbocycles. The van der Waals surface area contributed by atoms with Gasteiger partial charge in [0.05, 0.1) is 6.10 Å².